The Morgan fingerprint density at radius 1 is 1.37 bits per heavy atom. The fraction of sp³-hybridized carbons (Fsp3) is 0.562. The van der Waals surface area contributed by atoms with Gasteiger partial charge in [-0.05, 0) is 37.8 Å². The van der Waals surface area contributed by atoms with Crippen LogP contribution in [0.1, 0.15) is 44.5 Å². The first-order chi connectivity index (χ1) is 9.13. The van der Waals surface area contributed by atoms with Gasteiger partial charge in [-0.3, -0.25) is 0 Å². The predicted molar refractivity (Wildman–Crippen MR) is 78.4 cm³/mol. The van der Waals surface area contributed by atoms with E-state index < -0.39 is 0 Å². The zero-order valence-electron chi connectivity index (χ0n) is 11.5. The van der Waals surface area contributed by atoms with Crippen LogP contribution in [0.25, 0.3) is 10.2 Å². The summed E-state index contributed by atoms with van der Waals surface area (Å²) >= 11 is 1.80. The van der Waals surface area contributed by atoms with E-state index in [0.29, 0.717) is 0 Å². The fourth-order valence-corrected chi connectivity index (χ4v) is 4.85. The molecule has 0 amide bonds. The molecule has 4 rings (SSSR count). The molecule has 0 unspecified atom stereocenters. The molecule has 1 saturated heterocycles. The number of para-hydroxylation sites is 1. The molecule has 100 valence electrons. The van der Waals surface area contributed by atoms with Crippen molar-refractivity contribution < 1.29 is 4.74 Å². The highest BCUT2D eigenvalue weighted by Gasteiger charge is 2.69. The van der Waals surface area contributed by atoms with Crippen LogP contribution in [0.5, 0.6) is 0 Å². The average Bonchev–Trinajstić information content (AvgIpc) is 2.79. The molecule has 1 aromatic carbocycles. The Labute approximate surface area is 117 Å². The molecule has 2 aliphatic rings. The van der Waals surface area contributed by atoms with Crippen molar-refractivity contribution in [3.63, 3.8) is 0 Å². The lowest BCUT2D eigenvalue weighted by Crippen LogP contribution is -2.28. The third kappa shape index (κ3) is 1.61. The highest BCUT2D eigenvalue weighted by atomic mass is 32.1. The SMILES string of the molecule is C[C@@H]1CCC[C@@]2(C1)O[C@@]2(C)c1nc2ccccc2s1. The summed E-state index contributed by atoms with van der Waals surface area (Å²) in [5.74, 6) is 0.782. The Bertz CT molecular complexity index is 603. The highest BCUT2D eigenvalue weighted by Crippen LogP contribution is 2.63. The lowest BCUT2D eigenvalue weighted by molar-refractivity contribution is 0.194. The molecule has 1 aliphatic heterocycles. The summed E-state index contributed by atoms with van der Waals surface area (Å²) in [4.78, 5) is 4.81. The van der Waals surface area contributed by atoms with Crippen molar-refractivity contribution in [2.24, 2.45) is 5.92 Å². The molecule has 1 aromatic heterocycles. The van der Waals surface area contributed by atoms with Crippen LogP contribution in [0.15, 0.2) is 24.3 Å². The number of hydrogen-bond donors (Lipinski definition) is 0. The number of thiazole rings is 1. The minimum atomic E-state index is -0.134. The van der Waals surface area contributed by atoms with Crippen LogP contribution < -0.4 is 0 Å². The first kappa shape index (κ1) is 11.9. The summed E-state index contributed by atoms with van der Waals surface area (Å²) in [5.41, 5.74) is 1.06. The summed E-state index contributed by atoms with van der Waals surface area (Å²) in [6.45, 7) is 4.59. The summed E-state index contributed by atoms with van der Waals surface area (Å²) < 4.78 is 7.54. The van der Waals surface area contributed by atoms with Gasteiger partial charge >= 0.3 is 0 Å². The normalized spacial score (nSPS) is 37.9. The van der Waals surface area contributed by atoms with E-state index in [-0.39, 0.29) is 11.2 Å². The van der Waals surface area contributed by atoms with Crippen molar-refractivity contribution in [2.45, 2.75) is 50.7 Å². The third-order valence-electron chi connectivity index (χ3n) is 4.88. The number of aromatic nitrogens is 1. The standard InChI is InChI=1S/C16H19NOS/c1-11-6-5-9-16(10-11)15(2,18-16)14-17-12-7-3-4-8-13(12)19-14/h3-4,7-8,11H,5-6,9-10H2,1-2H3/t11-,15+,16+/m1/s1. The molecule has 2 fully saturated rings. The zero-order chi connectivity index (χ0) is 13.1. The quantitative estimate of drug-likeness (QED) is 0.715. The summed E-state index contributed by atoms with van der Waals surface area (Å²) in [5, 5.41) is 1.17. The molecule has 0 bridgehead atoms. The molecule has 3 atom stereocenters. The van der Waals surface area contributed by atoms with Crippen molar-refractivity contribution in [3.05, 3.63) is 29.3 Å². The van der Waals surface area contributed by atoms with Crippen LogP contribution >= 0.6 is 11.3 Å². The zero-order valence-corrected chi connectivity index (χ0v) is 12.3. The van der Waals surface area contributed by atoms with Gasteiger partial charge in [0.1, 0.15) is 16.2 Å². The molecule has 19 heavy (non-hydrogen) atoms. The van der Waals surface area contributed by atoms with Gasteiger partial charge in [0.2, 0.25) is 0 Å². The highest BCUT2D eigenvalue weighted by molar-refractivity contribution is 7.18. The van der Waals surface area contributed by atoms with Gasteiger partial charge in [0.15, 0.2) is 0 Å². The van der Waals surface area contributed by atoms with Gasteiger partial charge in [-0.15, -0.1) is 11.3 Å². The van der Waals surface area contributed by atoms with E-state index in [1.54, 1.807) is 11.3 Å². The van der Waals surface area contributed by atoms with Gasteiger partial charge < -0.3 is 4.74 Å². The molecule has 2 heterocycles. The maximum absolute atomic E-state index is 6.27. The van der Waals surface area contributed by atoms with E-state index in [9.17, 15) is 0 Å². The van der Waals surface area contributed by atoms with E-state index in [1.165, 1.54) is 35.4 Å². The smallest absolute Gasteiger partial charge is 0.146 e. The third-order valence-corrected chi connectivity index (χ3v) is 6.12. The lowest BCUT2D eigenvalue weighted by atomic mass is 9.76. The van der Waals surface area contributed by atoms with E-state index in [0.717, 1.165) is 11.4 Å². The predicted octanol–water partition coefficient (Wildman–Crippen LogP) is 4.49. The Hall–Kier alpha value is -0.930. The molecule has 2 nitrogen and oxygen atoms in total. The maximum Gasteiger partial charge on any atom is 0.146 e. The van der Waals surface area contributed by atoms with E-state index in [1.807, 2.05) is 0 Å². The van der Waals surface area contributed by atoms with E-state index >= 15 is 0 Å². The van der Waals surface area contributed by atoms with Gasteiger partial charge in [-0.25, -0.2) is 4.98 Å². The van der Waals surface area contributed by atoms with E-state index in [4.69, 9.17) is 9.72 Å². The van der Waals surface area contributed by atoms with Crippen molar-refractivity contribution in [1.82, 2.24) is 4.98 Å². The number of benzene rings is 1. The van der Waals surface area contributed by atoms with Gasteiger partial charge in [-0.1, -0.05) is 31.9 Å². The molecule has 1 spiro atoms. The Kier molecular flexibility index (Phi) is 2.37. The van der Waals surface area contributed by atoms with Gasteiger partial charge in [0.05, 0.1) is 10.2 Å². The molecule has 0 N–H and O–H groups in total. The number of hydrogen-bond acceptors (Lipinski definition) is 3. The number of epoxide rings is 1. The Balaban J connectivity index is 1.72. The van der Waals surface area contributed by atoms with Crippen molar-refractivity contribution in [2.75, 3.05) is 0 Å². The largest absolute Gasteiger partial charge is 0.355 e. The fourth-order valence-electron chi connectivity index (χ4n) is 3.71. The van der Waals surface area contributed by atoms with Crippen LogP contribution in [-0.4, -0.2) is 10.6 Å². The van der Waals surface area contributed by atoms with Crippen molar-refractivity contribution in [3.8, 4) is 0 Å². The first-order valence-corrected chi connectivity index (χ1v) is 8.01. The first-order valence-electron chi connectivity index (χ1n) is 7.19. The number of nitrogens with zero attached hydrogens (tertiary/aromatic N) is 1. The van der Waals surface area contributed by atoms with Crippen LogP contribution in [-0.2, 0) is 10.3 Å². The summed E-state index contributed by atoms with van der Waals surface area (Å²) in [6, 6.07) is 8.38. The summed E-state index contributed by atoms with van der Waals surface area (Å²) in [6.07, 6.45) is 5.03. The molecular weight excluding hydrogens is 254 g/mol. The van der Waals surface area contributed by atoms with Crippen molar-refractivity contribution >= 4 is 21.6 Å². The molecule has 1 aliphatic carbocycles. The number of ether oxygens (including phenoxy) is 1. The average molecular weight is 273 g/mol. The second-order valence-corrected chi connectivity index (χ2v) is 7.35. The molecule has 2 aromatic rings. The monoisotopic (exact) mass is 273 g/mol. The maximum atomic E-state index is 6.27. The Morgan fingerprint density at radius 3 is 3.00 bits per heavy atom. The van der Waals surface area contributed by atoms with Gasteiger partial charge in [-0.2, -0.15) is 0 Å². The second-order valence-electron chi connectivity index (χ2n) is 6.32. The topological polar surface area (TPSA) is 25.4 Å². The molecule has 3 heteroatoms. The molecular formula is C16H19NOS. The minimum absolute atomic E-state index is 0.0819. The Morgan fingerprint density at radius 2 is 2.21 bits per heavy atom. The van der Waals surface area contributed by atoms with E-state index in [2.05, 4.69) is 38.1 Å². The van der Waals surface area contributed by atoms with Crippen LogP contribution in [0, 0.1) is 5.92 Å². The van der Waals surface area contributed by atoms with Gasteiger partial charge in [0, 0.05) is 0 Å². The summed E-state index contributed by atoms with van der Waals surface area (Å²) in [7, 11) is 0. The molecule has 1 saturated carbocycles. The van der Waals surface area contributed by atoms with Gasteiger partial charge in [0.25, 0.3) is 0 Å². The van der Waals surface area contributed by atoms with Crippen LogP contribution in [0.4, 0.5) is 0 Å². The second kappa shape index (κ2) is 3.80. The molecule has 0 radical (unpaired) electrons. The van der Waals surface area contributed by atoms with Crippen molar-refractivity contribution in [1.29, 1.82) is 0 Å². The number of rotatable bonds is 1. The van der Waals surface area contributed by atoms with Crippen LogP contribution in [0.3, 0.4) is 0 Å². The minimum Gasteiger partial charge on any atom is -0.355 e. The number of fused-ring (bicyclic) bond motifs is 1. The lowest BCUT2D eigenvalue weighted by Gasteiger charge is -2.26. The van der Waals surface area contributed by atoms with Crippen LogP contribution in [0.2, 0.25) is 0 Å².